The van der Waals surface area contributed by atoms with Crippen LogP contribution in [-0.2, 0) is 0 Å². The van der Waals surface area contributed by atoms with Gasteiger partial charge in [0.1, 0.15) is 0 Å². The number of allylic oxidation sites excluding steroid dienone is 5. The van der Waals surface area contributed by atoms with Crippen molar-refractivity contribution in [3.63, 3.8) is 0 Å². The van der Waals surface area contributed by atoms with Gasteiger partial charge in [0.05, 0.1) is 0 Å². The summed E-state index contributed by atoms with van der Waals surface area (Å²) < 4.78 is 0. The van der Waals surface area contributed by atoms with Gasteiger partial charge in [0.25, 0.3) is 0 Å². The number of hydrogen-bond acceptors (Lipinski definition) is 0. The Hall–Kier alpha value is -2.34. The van der Waals surface area contributed by atoms with Crippen molar-refractivity contribution < 1.29 is 0 Å². The summed E-state index contributed by atoms with van der Waals surface area (Å²) in [7, 11) is 0. The maximum atomic E-state index is 2.39. The van der Waals surface area contributed by atoms with Crippen LogP contribution in [0.3, 0.4) is 0 Å². The Kier molecular flexibility index (Phi) is 6.02. The van der Waals surface area contributed by atoms with Gasteiger partial charge in [-0.1, -0.05) is 111 Å². The molecule has 0 heteroatoms. The maximum Gasteiger partial charge on any atom is -0.00389 e. The summed E-state index contributed by atoms with van der Waals surface area (Å²) in [5.74, 6) is 1.54. The molecule has 0 aromatic heterocycles. The Morgan fingerprint density at radius 3 is 1.30 bits per heavy atom. The molecule has 2 saturated carbocycles. The second-order valence-electron chi connectivity index (χ2n) is 9.46. The second-order valence-corrected chi connectivity index (χ2v) is 9.46. The highest BCUT2D eigenvalue weighted by molar-refractivity contribution is 5.86. The molecule has 0 radical (unpaired) electrons. The van der Waals surface area contributed by atoms with E-state index in [1.54, 1.807) is 0 Å². The Bertz CT molecular complexity index is 847. The lowest BCUT2D eigenvalue weighted by molar-refractivity contribution is 0.443. The van der Waals surface area contributed by atoms with Crippen molar-refractivity contribution in [3.05, 3.63) is 101 Å². The van der Waals surface area contributed by atoms with Crippen LogP contribution in [0.5, 0.6) is 0 Å². The number of hydrogen-bond donors (Lipinski definition) is 0. The third-order valence-electron chi connectivity index (χ3n) is 7.50. The molecule has 154 valence electrons. The second kappa shape index (κ2) is 9.21. The van der Waals surface area contributed by atoms with Crippen molar-refractivity contribution in [2.24, 2.45) is 0 Å². The van der Waals surface area contributed by atoms with Gasteiger partial charge in [0.15, 0.2) is 0 Å². The van der Waals surface area contributed by atoms with E-state index in [0.29, 0.717) is 0 Å². The van der Waals surface area contributed by atoms with Crippen LogP contribution < -0.4 is 0 Å². The minimum Gasteiger partial charge on any atom is -0.0616 e. The van der Waals surface area contributed by atoms with E-state index in [0.717, 1.165) is 11.8 Å². The predicted octanol–water partition coefficient (Wildman–Crippen LogP) is 8.71. The van der Waals surface area contributed by atoms with Gasteiger partial charge in [-0.3, -0.25) is 0 Å². The van der Waals surface area contributed by atoms with Crippen molar-refractivity contribution in [1.29, 1.82) is 0 Å². The van der Waals surface area contributed by atoms with E-state index in [2.05, 4.69) is 72.8 Å². The normalized spacial score (nSPS) is 20.1. The first-order chi connectivity index (χ1) is 14.9. The highest BCUT2D eigenvalue weighted by Crippen LogP contribution is 2.37. The minimum absolute atomic E-state index is 0.768. The highest BCUT2D eigenvalue weighted by atomic mass is 14.2. The fourth-order valence-corrected chi connectivity index (χ4v) is 5.76. The fourth-order valence-electron chi connectivity index (χ4n) is 5.76. The maximum absolute atomic E-state index is 2.39. The SMILES string of the molecule is C1=CC(=C(c2ccc(C3CCCCC3)cc2)c2ccc(C3CCCCC3)cc2)C=C1. The van der Waals surface area contributed by atoms with E-state index in [-0.39, 0.29) is 0 Å². The van der Waals surface area contributed by atoms with Crippen molar-refractivity contribution in [2.45, 2.75) is 76.0 Å². The van der Waals surface area contributed by atoms with Crippen LogP contribution in [0.15, 0.2) is 78.4 Å². The third kappa shape index (κ3) is 4.24. The summed E-state index contributed by atoms with van der Waals surface area (Å²) in [5, 5.41) is 0. The molecule has 0 unspecified atom stereocenters. The first kappa shape index (κ1) is 19.6. The Morgan fingerprint density at radius 1 is 0.500 bits per heavy atom. The molecule has 0 atom stereocenters. The molecule has 2 aromatic rings. The molecule has 0 aliphatic heterocycles. The number of benzene rings is 2. The first-order valence-corrected chi connectivity index (χ1v) is 12.2. The van der Waals surface area contributed by atoms with Gasteiger partial charge in [0.2, 0.25) is 0 Å². The van der Waals surface area contributed by atoms with Gasteiger partial charge < -0.3 is 0 Å². The van der Waals surface area contributed by atoms with Gasteiger partial charge in [-0.15, -0.1) is 0 Å². The number of rotatable bonds is 4. The van der Waals surface area contributed by atoms with E-state index in [4.69, 9.17) is 0 Å². The smallest absolute Gasteiger partial charge is 0.00389 e. The molecule has 0 bridgehead atoms. The van der Waals surface area contributed by atoms with Crippen LogP contribution in [0.2, 0.25) is 0 Å². The summed E-state index contributed by atoms with van der Waals surface area (Å²) >= 11 is 0. The lowest BCUT2D eigenvalue weighted by atomic mass is 9.82. The molecule has 30 heavy (non-hydrogen) atoms. The zero-order valence-electron chi connectivity index (χ0n) is 18.2. The molecule has 2 aromatic carbocycles. The van der Waals surface area contributed by atoms with Crippen LogP contribution in [0.4, 0.5) is 0 Å². The predicted molar refractivity (Wildman–Crippen MR) is 129 cm³/mol. The lowest BCUT2D eigenvalue weighted by Crippen LogP contribution is -2.05. The quantitative estimate of drug-likeness (QED) is 0.486. The van der Waals surface area contributed by atoms with Gasteiger partial charge in [0, 0.05) is 0 Å². The summed E-state index contributed by atoms with van der Waals surface area (Å²) in [6.45, 7) is 0. The molecule has 0 amide bonds. The largest absolute Gasteiger partial charge is 0.0616 e. The summed E-state index contributed by atoms with van der Waals surface area (Å²) in [6.07, 6.45) is 22.7. The van der Waals surface area contributed by atoms with E-state index in [9.17, 15) is 0 Å². The van der Waals surface area contributed by atoms with Crippen molar-refractivity contribution >= 4 is 5.57 Å². The standard InChI is InChI=1S/C30H34/c1-3-9-23(10-4-1)25-15-19-28(20-16-25)30(27-13-7-8-14-27)29-21-17-26(18-22-29)24-11-5-2-6-12-24/h7-8,13-24H,1-6,9-12H2. The van der Waals surface area contributed by atoms with Crippen LogP contribution in [0.25, 0.3) is 5.57 Å². The summed E-state index contributed by atoms with van der Waals surface area (Å²) in [6, 6.07) is 19.0. The molecular weight excluding hydrogens is 360 g/mol. The highest BCUT2D eigenvalue weighted by Gasteiger charge is 2.18. The van der Waals surface area contributed by atoms with E-state index >= 15 is 0 Å². The van der Waals surface area contributed by atoms with E-state index in [1.165, 1.54) is 97.6 Å². The van der Waals surface area contributed by atoms with E-state index in [1.807, 2.05) is 0 Å². The summed E-state index contributed by atoms with van der Waals surface area (Å²) in [4.78, 5) is 0. The zero-order chi connectivity index (χ0) is 20.2. The molecule has 0 N–H and O–H groups in total. The van der Waals surface area contributed by atoms with Crippen LogP contribution in [-0.4, -0.2) is 0 Å². The molecule has 0 saturated heterocycles. The van der Waals surface area contributed by atoms with Gasteiger partial charge >= 0.3 is 0 Å². The lowest BCUT2D eigenvalue weighted by Gasteiger charge is -2.23. The Labute approximate surface area is 182 Å². The van der Waals surface area contributed by atoms with Gasteiger partial charge in [-0.2, -0.15) is 0 Å². The van der Waals surface area contributed by atoms with E-state index < -0.39 is 0 Å². The molecule has 3 aliphatic rings. The van der Waals surface area contributed by atoms with Gasteiger partial charge in [-0.05, 0) is 70.9 Å². The minimum atomic E-state index is 0.768. The van der Waals surface area contributed by atoms with Gasteiger partial charge in [-0.25, -0.2) is 0 Å². The molecule has 2 fully saturated rings. The Morgan fingerprint density at radius 2 is 0.900 bits per heavy atom. The molecule has 3 aliphatic carbocycles. The molecule has 5 rings (SSSR count). The fraction of sp³-hybridized carbons (Fsp3) is 0.400. The molecular formula is C30H34. The average molecular weight is 395 g/mol. The zero-order valence-corrected chi connectivity index (χ0v) is 18.2. The average Bonchev–Trinajstić information content (AvgIpc) is 3.36. The Balaban J connectivity index is 1.44. The summed E-state index contributed by atoms with van der Waals surface area (Å²) in [5.41, 5.74) is 8.44. The van der Waals surface area contributed by atoms with Crippen LogP contribution in [0, 0.1) is 0 Å². The van der Waals surface area contributed by atoms with Crippen LogP contribution in [0.1, 0.15) is 98.3 Å². The third-order valence-corrected chi connectivity index (χ3v) is 7.50. The topological polar surface area (TPSA) is 0 Å². The molecule has 0 spiro atoms. The van der Waals surface area contributed by atoms with Crippen molar-refractivity contribution in [3.8, 4) is 0 Å². The molecule has 0 nitrogen and oxygen atoms in total. The van der Waals surface area contributed by atoms with Crippen molar-refractivity contribution in [2.75, 3.05) is 0 Å². The van der Waals surface area contributed by atoms with Crippen LogP contribution >= 0.6 is 0 Å². The van der Waals surface area contributed by atoms with Crippen molar-refractivity contribution in [1.82, 2.24) is 0 Å². The first-order valence-electron chi connectivity index (χ1n) is 12.2. The molecule has 0 heterocycles. The monoisotopic (exact) mass is 394 g/mol.